The van der Waals surface area contributed by atoms with Crippen molar-refractivity contribution < 1.29 is 19.7 Å². The highest BCUT2D eigenvalue weighted by atomic mass is 16.6. The Labute approximate surface area is 130 Å². The first-order valence-corrected chi connectivity index (χ1v) is 6.59. The number of aliphatic carboxylic acids is 1. The van der Waals surface area contributed by atoms with Gasteiger partial charge in [0.25, 0.3) is 11.4 Å². The Hall–Kier alpha value is -3.29. The van der Waals surface area contributed by atoms with Crippen molar-refractivity contribution in [1.29, 1.82) is 0 Å². The van der Waals surface area contributed by atoms with E-state index in [0.717, 1.165) is 0 Å². The minimum absolute atomic E-state index is 0.00180. The van der Waals surface area contributed by atoms with E-state index in [-0.39, 0.29) is 23.4 Å². The zero-order chi connectivity index (χ0) is 17.0. The van der Waals surface area contributed by atoms with Gasteiger partial charge in [0, 0.05) is 24.3 Å². The monoisotopic (exact) mass is 316 g/mol. The van der Waals surface area contributed by atoms with E-state index in [1.54, 1.807) is 6.07 Å². The predicted molar refractivity (Wildman–Crippen MR) is 80.3 cm³/mol. The van der Waals surface area contributed by atoms with Gasteiger partial charge in [-0.15, -0.1) is 0 Å². The number of hydrogen-bond donors (Lipinski definition) is 1. The summed E-state index contributed by atoms with van der Waals surface area (Å²) in [7, 11) is 0. The van der Waals surface area contributed by atoms with Crippen LogP contribution in [0.2, 0.25) is 0 Å². The summed E-state index contributed by atoms with van der Waals surface area (Å²) in [6, 6.07) is 11.0. The first-order chi connectivity index (χ1) is 10.9. The van der Waals surface area contributed by atoms with Gasteiger partial charge >= 0.3 is 5.97 Å². The van der Waals surface area contributed by atoms with E-state index < -0.39 is 21.7 Å². The zero-order valence-electron chi connectivity index (χ0n) is 11.8. The lowest BCUT2D eigenvalue weighted by Gasteiger charge is -2.12. The molecular weight excluding hydrogens is 304 g/mol. The van der Waals surface area contributed by atoms with Crippen molar-refractivity contribution in [1.82, 2.24) is 0 Å². The summed E-state index contributed by atoms with van der Waals surface area (Å²) in [6.07, 6.45) is -0.00180. The molecule has 1 unspecified atom stereocenters. The third-order valence-corrected chi connectivity index (χ3v) is 3.34. The molecule has 0 saturated carbocycles. The van der Waals surface area contributed by atoms with Gasteiger partial charge in [0.15, 0.2) is 0 Å². The van der Waals surface area contributed by atoms with Crippen LogP contribution in [0.1, 0.15) is 17.0 Å². The van der Waals surface area contributed by atoms with Crippen LogP contribution < -0.4 is 0 Å². The highest BCUT2D eigenvalue weighted by molar-refractivity contribution is 5.77. The molecule has 0 aliphatic heterocycles. The van der Waals surface area contributed by atoms with Crippen molar-refractivity contribution >= 4 is 17.3 Å². The Kier molecular flexibility index (Phi) is 4.65. The van der Waals surface area contributed by atoms with Crippen molar-refractivity contribution in [2.24, 2.45) is 0 Å². The van der Waals surface area contributed by atoms with E-state index >= 15 is 0 Å². The van der Waals surface area contributed by atoms with Crippen LogP contribution in [-0.2, 0) is 11.2 Å². The number of benzene rings is 2. The molecule has 0 fully saturated rings. The van der Waals surface area contributed by atoms with E-state index in [4.69, 9.17) is 0 Å². The summed E-state index contributed by atoms with van der Waals surface area (Å²) in [4.78, 5) is 31.9. The molecule has 0 spiro atoms. The van der Waals surface area contributed by atoms with Gasteiger partial charge in [-0.2, -0.15) is 0 Å². The van der Waals surface area contributed by atoms with E-state index in [1.165, 1.54) is 42.5 Å². The van der Waals surface area contributed by atoms with Crippen molar-refractivity contribution in [3.63, 3.8) is 0 Å². The van der Waals surface area contributed by atoms with Gasteiger partial charge in [-0.25, -0.2) is 0 Å². The molecule has 2 rings (SSSR count). The molecule has 118 valence electrons. The van der Waals surface area contributed by atoms with Gasteiger partial charge in [-0.1, -0.05) is 24.3 Å². The van der Waals surface area contributed by atoms with Gasteiger partial charge in [-0.05, 0) is 17.5 Å². The molecule has 0 aromatic heterocycles. The largest absolute Gasteiger partial charge is 0.481 e. The highest BCUT2D eigenvalue weighted by Crippen LogP contribution is 2.26. The fourth-order valence-electron chi connectivity index (χ4n) is 2.24. The zero-order valence-corrected chi connectivity index (χ0v) is 11.8. The maximum atomic E-state index is 11.5. The fraction of sp³-hybridized carbons (Fsp3) is 0.133. The standard InChI is InChI=1S/C15H12N2O6/c18-15(19)14(11-4-2-6-13(9-11)17(22)23)8-10-3-1-5-12(7-10)16(20)21/h1-7,9,14H,8H2,(H,18,19). The Balaban J connectivity index is 2.34. The van der Waals surface area contributed by atoms with Crippen LogP contribution in [0.3, 0.4) is 0 Å². The summed E-state index contributed by atoms with van der Waals surface area (Å²) in [5.41, 5.74) is 0.412. The number of nitro benzene ring substituents is 2. The molecule has 2 aromatic rings. The normalized spacial score (nSPS) is 11.7. The molecule has 0 bridgehead atoms. The number of rotatable bonds is 6. The molecule has 8 nitrogen and oxygen atoms in total. The van der Waals surface area contributed by atoms with Gasteiger partial charge in [0.2, 0.25) is 0 Å². The third kappa shape index (κ3) is 3.88. The third-order valence-electron chi connectivity index (χ3n) is 3.34. The number of carbonyl (C=O) groups is 1. The number of hydrogen-bond acceptors (Lipinski definition) is 5. The first-order valence-electron chi connectivity index (χ1n) is 6.59. The molecule has 2 aromatic carbocycles. The van der Waals surface area contributed by atoms with Gasteiger partial charge in [0.05, 0.1) is 15.8 Å². The second-order valence-corrected chi connectivity index (χ2v) is 4.87. The molecule has 0 amide bonds. The lowest BCUT2D eigenvalue weighted by molar-refractivity contribution is -0.385. The molecule has 1 atom stereocenters. The van der Waals surface area contributed by atoms with E-state index in [0.29, 0.717) is 5.56 Å². The Morgan fingerprint density at radius 2 is 1.57 bits per heavy atom. The molecular formula is C15H12N2O6. The maximum absolute atomic E-state index is 11.5. The maximum Gasteiger partial charge on any atom is 0.311 e. The minimum Gasteiger partial charge on any atom is -0.481 e. The average Bonchev–Trinajstić information content (AvgIpc) is 2.52. The molecule has 8 heteroatoms. The van der Waals surface area contributed by atoms with Crippen molar-refractivity contribution in [3.05, 3.63) is 79.9 Å². The van der Waals surface area contributed by atoms with Crippen LogP contribution in [0.25, 0.3) is 0 Å². The van der Waals surface area contributed by atoms with Crippen LogP contribution in [0.4, 0.5) is 11.4 Å². The molecule has 0 heterocycles. The fourth-order valence-corrected chi connectivity index (χ4v) is 2.24. The summed E-state index contributed by atoms with van der Waals surface area (Å²) >= 11 is 0. The number of nitrogens with zero attached hydrogens (tertiary/aromatic N) is 2. The number of carboxylic acid groups (broad SMARTS) is 1. The Morgan fingerprint density at radius 3 is 2.13 bits per heavy atom. The average molecular weight is 316 g/mol. The molecule has 0 radical (unpaired) electrons. The lowest BCUT2D eigenvalue weighted by atomic mass is 9.91. The second-order valence-electron chi connectivity index (χ2n) is 4.87. The van der Waals surface area contributed by atoms with Crippen LogP contribution in [0, 0.1) is 20.2 Å². The van der Waals surface area contributed by atoms with Crippen LogP contribution in [0.15, 0.2) is 48.5 Å². The smallest absolute Gasteiger partial charge is 0.311 e. The Bertz CT molecular complexity index is 774. The predicted octanol–water partition coefficient (Wildman–Crippen LogP) is 2.91. The lowest BCUT2D eigenvalue weighted by Crippen LogP contribution is -2.14. The van der Waals surface area contributed by atoms with Crippen LogP contribution in [0.5, 0.6) is 0 Å². The first kappa shape index (κ1) is 16.1. The van der Waals surface area contributed by atoms with Crippen LogP contribution in [-0.4, -0.2) is 20.9 Å². The topological polar surface area (TPSA) is 124 Å². The molecule has 1 N–H and O–H groups in total. The molecule has 0 aliphatic carbocycles. The van der Waals surface area contributed by atoms with Crippen LogP contribution >= 0.6 is 0 Å². The quantitative estimate of drug-likeness (QED) is 0.645. The van der Waals surface area contributed by atoms with Gasteiger partial charge < -0.3 is 5.11 Å². The van der Waals surface area contributed by atoms with Gasteiger partial charge in [-0.3, -0.25) is 25.0 Å². The number of carboxylic acids is 1. The summed E-state index contributed by atoms with van der Waals surface area (Å²) < 4.78 is 0. The van der Waals surface area contributed by atoms with E-state index in [2.05, 4.69) is 0 Å². The summed E-state index contributed by atoms with van der Waals surface area (Å²) in [5, 5.41) is 31.0. The highest BCUT2D eigenvalue weighted by Gasteiger charge is 2.23. The number of nitro groups is 2. The van der Waals surface area contributed by atoms with E-state index in [1.807, 2.05) is 0 Å². The summed E-state index contributed by atoms with van der Waals surface area (Å²) in [5.74, 6) is -2.19. The van der Waals surface area contributed by atoms with Crippen molar-refractivity contribution in [3.8, 4) is 0 Å². The van der Waals surface area contributed by atoms with Crippen molar-refractivity contribution in [2.75, 3.05) is 0 Å². The number of non-ortho nitro benzene ring substituents is 2. The second kappa shape index (κ2) is 6.65. The van der Waals surface area contributed by atoms with Gasteiger partial charge in [0.1, 0.15) is 0 Å². The minimum atomic E-state index is -1.16. The molecule has 23 heavy (non-hydrogen) atoms. The van der Waals surface area contributed by atoms with E-state index in [9.17, 15) is 30.1 Å². The molecule has 0 saturated heterocycles. The van der Waals surface area contributed by atoms with Crippen molar-refractivity contribution in [2.45, 2.75) is 12.3 Å². The SMILES string of the molecule is O=C(O)C(Cc1cccc([N+](=O)[O-])c1)c1cccc([N+](=O)[O-])c1. The Morgan fingerprint density at radius 1 is 1.00 bits per heavy atom. The summed E-state index contributed by atoms with van der Waals surface area (Å²) in [6.45, 7) is 0. The molecule has 0 aliphatic rings.